The Bertz CT molecular complexity index is 465. The van der Waals surface area contributed by atoms with Gasteiger partial charge in [0.25, 0.3) is 0 Å². The van der Waals surface area contributed by atoms with Crippen LogP contribution in [0.15, 0.2) is 24.9 Å². The van der Waals surface area contributed by atoms with Crippen molar-refractivity contribution in [2.24, 2.45) is 11.8 Å². The Morgan fingerprint density at radius 1 is 1.23 bits per heavy atom. The molecule has 1 fully saturated rings. The van der Waals surface area contributed by atoms with Crippen molar-refractivity contribution in [3.63, 3.8) is 0 Å². The summed E-state index contributed by atoms with van der Waals surface area (Å²) in [5.41, 5.74) is 1.35. The van der Waals surface area contributed by atoms with Crippen LogP contribution in [0.1, 0.15) is 37.8 Å². The van der Waals surface area contributed by atoms with Crippen molar-refractivity contribution in [2.75, 3.05) is 26.3 Å². The first kappa shape index (κ1) is 15.8. The molecule has 3 rings (SSSR count). The van der Waals surface area contributed by atoms with Crippen LogP contribution in [-0.2, 0) is 17.8 Å². The van der Waals surface area contributed by atoms with E-state index in [-0.39, 0.29) is 0 Å². The number of aromatic nitrogens is 2. The van der Waals surface area contributed by atoms with Gasteiger partial charge in [0.1, 0.15) is 0 Å². The number of rotatable bonds is 6. The molecule has 0 amide bonds. The predicted molar refractivity (Wildman–Crippen MR) is 88.6 cm³/mol. The Morgan fingerprint density at radius 3 is 2.91 bits per heavy atom. The highest BCUT2D eigenvalue weighted by molar-refractivity contribution is 5.02. The zero-order valence-electron chi connectivity index (χ0n) is 13.6. The monoisotopic (exact) mass is 303 g/mol. The van der Waals surface area contributed by atoms with E-state index in [1.807, 2.05) is 12.3 Å². The van der Waals surface area contributed by atoms with Crippen molar-refractivity contribution in [3.05, 3.63) is 30.6 Å². The molecule has 0 spiro atoms. The zero-order chi connectivity index (χ0) is 15.2. The van der Waals surface area contributed by atoms with E-state index in [4.69, 9.17) is 4.74 Å². The summed E-state index contributed by atoms with van der Waals surface area (Å²) in [4.78, 5) is 2.64. The molecule has 2 heterocycles. The van der Waals surface area contributed by atoms with E-state index >= 15 is 0 Å². The standard InChI is InChI=1S/C18H29N3O/c1-2-10-22-15-17-12-20(11-16-6-4-3-5-7-16)14-18-8-9-19-21(18)13-17/h2,8-9,16-17H,1,3-7,10-15H2. The molecule has 22 heavy (non-hydrogen) atoms. The lowest BCUT2D eigenvalue weighted by molar-refractivity contribution is 0.0880. The molecular weight excluding hydrogens is 274 g/mol. The second kappa shape index (κ2) is 7.93. The molecule has 0 saturated heterocycles. The first-order valence-electron chi connectivity index (χ1n) is 8.77. The third-order valence-corrected chi connectivity index (χ3v) is 4.97. The van der Waals surface area contributed by atoms with Crippen LogP contribution in [0.3, 0.4) is 0 Å². The van der Waals surface area contributed by atoms with E-state index in [1.165, 1.54) is 44.3 Å². The minimum atomic E-state index is 0.518. The second-order valence-corrected chi connectivity index (χ2v) is 6.89. The Kier molecular flexibility index (Phi) is 5.68. The fraction of sp³-hybridized carbons (Fsp3) is 0.722. The maximum absolute atomic E-state index is 5.72. The van der Waals surface area contributed by atoms with Crippen molar-refractivity contribution in [1.82, 2.24) is 14.7 Å². The molecule has 1 aromatic rings. The molecule has 1 aliphatic heterocycles. The summed E-state index contributed by atoms with van der Waals surface area (Å²) >= 11 is 0. The SMILES string of the molecule is C=CCOCC1CN(CC2CCCCC2)Cc2ccnn2C1. The highest BCUT2D eigenvalue weighted by Crippen LogP contribution is 2.26. The van der Waals surface area contributed by atoms with Gasteiger partial charge >= 0.3 is 0 Å². The van der Waals surface area contributed by atoms with Gasteiger partial charge in [-0.3, -0.25) is 9.58 Å². The molecule has 1 aliphatic carbocycles. The summed E-state index contributed by atoms with van der Waals surface area (Å²) in [6.07, 6.45) is 10.9. The normalized spacial score (nSPS) is 23.9. The summed E-state index contributed by atoms with van der Waals surface area (Å²) in [5, 5.41) is 4.49. The van der Waals surface area contributed by atoms with E-state index in [2.05, 4.69) is 27.3 Å². The maximum atomic E-state index is 5.72. The summed E-state index contributed by atoms with van der Waals surface area (Å²) < 4.78 is 7.89. The van der Waals surface area contributed by atoms with Crippen molar-refractivity contribution < 1.29 is 4.74 Å². The van der Waals surface area contributed by atoms with Crippen LogP contribution in [-0.4, -0.2) is 41.0 Å². The minimum absolute atomic E-state index is 0.518. The van der Waals surface area contributed by atoms with Crippen LogP contribution in [0.25, 0.3) is 0 Å². The van der Waals surface area contributed by atoms with Gasteiger partial charge in [-0.25, -0.2) is 0 Å². The average molecular weight is 303 g/mol. The Hall–Kier alpha value is -1.13. The molecule has 0 bridgehead atoms. The number of nitrogens with zero attached hydrogens (tertiary/aromatic N) is 3. The van der Waals surface area contributed by atoms with Crippen LogP contribution in [0, 0.1) is 11.8 Å². The van der Waals surface area contributed by atoms with Gasteiger partial charge in [0.05, 0.1) is 18.9 Å². The Balaban J connectivity index is 1.62. The van der Waals surface area contributed by atoms with Crippen LogP contribution in [0.4, 0.5) is 0 Å². The summed E-state index contributed by atoms with van der Waals surface area (Å²) in [6.45, 7) is 9.54. The quantitative estimate of drug-likeness (QED) is 0.597. The maximum Gasteiger partial charge on any atom is 0.0645 e. The van der Waals surface area contributed by atoms with Gasteiger partial charge in [-0.05, 0) is 24.8 Å². The highest BCUT2D eigenvalue weighted by atomic mass is 16.5. The molecule has 1 atom stereocenters. The first-order valence-corrected chi connectivity index (χ1v) is 8.77. The van der Waals surface area contributed by atoms with E-state index in [9.17, 15) is 0 Å². The third-order valence-electron chi connectivity index (χ3n) is 4.97. The molecule has 0 radical (unpaired) electrons. The second-order valence-electron chi connectivity index (χ2n) is 6.89. The van der Waals surface area contributed by atoms with Gasteiger partial charge in [-0.2, -0.15) is 5.10 Å². The van der Waals surface area contributed by atoms with Crippen LogP contribution in [0.2, 0.25) is 0 Å². The lowest BCUT2D eigenvalue weighted by Crippen LogP contribution is -2.34. The van der Waals surface area contributed by atoms with Gasteiger partial charge in [0.2, 0.25) is 0 Å². The molecule has 122 valence electrons. The molecule has 1 saturated carbocycles. The molecular formula is C18H29N3O. The van der Waals surface area contributed by atoms with Gasteiger partial charge in [0, 0.05) is 38.3 Å². The van der Waals surface area contributed by atoms with Crippen molar-refractivity contribution in [2.45, 2.75) is 45.2 Å². The van der Waals surface area contributed by atoms with Gasteiger partial charge in [-0.15, -0.1) is 6.58 Å². The van der Waals surface area contributed by atoms with Crippen LogP contribution in [0.5, 0.6) is 0 Å². The fourth-order valence-corrected chi connectivity index (χ4v) is 3.92. The van der Waals surface area contributed by atoms with E-state index in [1.54, 1.807) is 0 Å². The van der Waals surface area contributed by atoms with Gasteiger partial charge in [-0.1, -0.05) is 25.3 Å². The topological polar surface area (TPSA) is 30.3 Å². The molecule has 4 nitrogen and oxygen atoms in total. The predicted octanol–water partition coefficient (Wildman–Crippen LogP) is 3.10. The fourth-order valence-electron chi connectivity index (χ4n) is 3.92. The van der Waals surface area contributed by atoms with Gasteiger partial charge in [0.15, 0.2) is 0 Å². The number of hydrogen-bond acceptors (Lipinski definition) is 3. The van der Waals surface area contributed by atoms with Crippen LogP contribution >= 0.6 is 0 Å². The smallest absolute Gasteiger partial charge is 0.0645 e. The van der Waals surface area contributed by atoms with Gasteiger partial charge < -0.3 is 4.74 Å². The lowest BCUT2D eigenvalue weighted by atomic mass is 9.89. The molecule has 2 aliphatic rings. The number of fused-ring (bicyclic) bond motifs is 1. The highest BCUT2D eigenvalue weighted by Gasteiger charge is 2.25. The Labute approximate surface area is 134 Å². The zero-order valence-corrected chi connectivity index (χ0v) is 13.6. The lowest BCUT2D eigenvalue weighted by Gasteiger charge is -2.30. The van der Waals surface area contributed by atoms with Crippen molar-refractivity contribution >= 4 is 0 Å². The molecule has 0 N–H and O–H groups in total. The van der Waals surface area contributed by atoms with E-state index in [0.717, 1.165) is 32.2 Å². The van der Waals surface area contributed by atoms with Crippen LogP contribution < -0.4 is 0 Å². The third kappa shape index (κ3) is 4.20. The minimum Gasteiger partial charge on any atom is -0.377 e. The molecule has 4 heteroatoms. The van der Waals surface area contributed by atoms with E-state index in [0.29, 0.717) is 12.5 Å². The van der Waals surface area contributed by atoms with Crippen molar-refractivity contribution in [3.8, 4) is 0 Å². The summed E-state index contributed by atoms with van der Waals surface area (Å²) in [5.74, 6) is 1.41. The number of ether oxygens (including phenoxy) is 1. The first-order chi connectivity index (χ1) is 10.8. The molecule has 0 aromatic carbocycles. The average Bonchev–Trinajstić information content (AvgIpc) is 2.88. The summed E-state index contributed by atoms with van der Waals surface area (Å²) in [6, 6.07) is 2.17. The van der Waals surface area contributed by atoms with Crippen molar-refractivity contribution in [1.29, 1.82) is 0 Å². The largest absolute Gasteiger partial charge is 0.377 e. The molecule has 1 aromatic heterocycles. The molecule has 1 unspecified atom stereocenters. The summed E-state index contributed by atoms with van der Waals surface area (Å²) in [7, 11) is 0. The van der Waals surface area contributed by atoms with E-state index < -0.39 is 0 Å². The number of hydrogen-bond donors (Lipinski definition) is 0. The Morgan fingerprint density at radius 2 is 2.09 bits per heavy atom.